The fourth-order valence-corrected chi connectivity index (χ4v) is 4.89. The molecule has 0 saturated heterocycles. The Bertz CT molecular complexity index is 1210. The fraction of sp³-hybridized carbons (Fsp3) is 0.462. The molecular formula is C26H34FN3O6S. The second-order valence-electron chi connectivity index (χ2n) is 8.67. The van der Waals surface area contributed by atoms with Gasteiger partial charge in [-0.1, -0.05) is 31.5 Å². The van der Waals surface area contributed by atoms with Crippen molar-refractivity contribution in [3.63, 3.8) is 0 Å². The van der Waals surface area contributed by atoms with Crippen molar-refractivity contribution in [2.45, 2.75) is 46.2 Å². The number of fused-ring (bicyclic) bond motifs is 1. The molecule has 1 heterocycles. The highest BCUT2D eigenvalue weighted by molar-refractivity contribution is 7.92. The summed E-state index contributed by atoms with van der Waals surface area (Å²) in [5.74, 6) is -0.970. The highest BCUT2D eigenvalue weighted by Gasteiger charge is 2.32. The third-order valence-electron chi connectivity index (χ3n) is 6.09. The lowest BCUT2D eigenvalue weighted by Crippen LogP contribution is -2.51. The lowest BCUT2D eigenvalue weighted by molar-refractivity contribution is -0.139. The van der Waals surface area contributed by atoms with Crippen LogP contribution in [0.15, 0.2) is 42.5 Å². The van der Waals surface area contributed by atoms with Crippen LogP contribution < -0.4 is 19.1 Å². The smallest absolute Gasteiger partial charge is 0.244 e. The first-order valence-electron chi connectivity index (χ1n) is 12.4. The minimum Gasteiger partial charge on any atom is -0.486 e. The summed E-state index contributed by atoms with van der Waals surface area (Å²) in [6.45, 7) is 5.38. The lowest BCUT2D eigenvalue weighted by Gasteiger charge is -2.32. The standard InChI is InChI=1S/C26H34FN3O6S/c1-4-6-13-28-26(32)19(3)29(17-20-9-7-8-10-22(20)27)25(31)18-30(37(33,34)5-2)21-11-12-23-24(16-21)36-15-14-35-23/h7-12,16,19H,4-6,13-15,17-18H2,1-3H3,(H,28,32)/t19-/m0/s1. The Hall–Kier alpha value is -3.34. The molecule has 37 heavy (non-hydrogen) atoms. The number of nitrogens with zero attached hydrogens (tertiary/aromatic N) is 2. The Kier molecular flexibility index (Phi) is 9.73. The number of carbonyl (C=O) groups excluding carboxylic acids is 2. The van der Waals surface area contributed by atoms with Gasteiger partial charge in [-0.3, -0.25) is 13.9 Å². The molecule has 1 aliphatic heterocycles. The molecule has 0 aromatic heterocycles. The number of sulfonamides is 1. The fourth-order valence-electron chi connectivity index (χ4n) is 3.84. The molecule has 3 rings (SSSR count). The summed E-state index contributed by atoms with van der Waals surface area (Å²) in [7, 11) is -3.90. The van der Waals surface area contributed by atoms with Crippen molar-refractivity contribution in [3.8, 4) is 11.5 Å². The number of amides is 2. The van der Waals surface area contributed by atoms with E-state index >= 15 is 0 Å². The molecule has 1 atom stereocenters. The van der Waals surface area contributed by atoms with E-state index < -0.39 is 40.2 Å². The van der Waals surface area contributed by atoms with Crippen molar-refractivity contribution in [3.05, 3.63) is 53.8 Å². The summed E-state index contributed by atoms with van der Waals surface area (Å²) in [6, 6.07) is 9.64. The molecule has 11 heteroatoms. The van der Waals surface area contributed by atoms with Crippen molar-refractivity contribution in [1.29, 1.82) is 0 Å². The van der Waals surface area contributed by atoms with Gasteiger partial charge in [0.05, 0.1) is 11.4 Å². The van der Waals surface area contributed by atoms with Crippen LogP contribution in [0.2, 0.25) is 0 Å². The first-order chi connectivity index (χ1) is 17.7. The van der Waals surface area contributed by atoms with Crippen molar-refractivity contribution in [2.24, 2.45) is 0 Å². The summed E-state index contributed by atoms with van der Waals surface area (Å²) in [5, 5.41) is 2.79. The second-order valence-corrected chi connectivity index (χ2v) is 10.9. The van der Waals surface area contributed by atoms with Gasteiger partial charge in [-0.15, -0.1) is 0 Å². The molecule has 9 nitrogen and oxygen atoms in total. The van der Waals surface area contributed by atoms with Crippen LogP contribution in [-0.4, -0.2) is 63.2 Å². The Labute approximate surface area is 217 Å². The largest absolute Gasteiger partial charge is 0.486 e. The zero-order valence-electron chi connectivity index (χ0n) is 21.4. The first kappa shape index (κ1) is 28.2. The Morgan fingerprint density at radius 1 is 1.08 bits per heavy atom. The van der Waals surface area contributed by atoms with E-state index in [0.717, 1.165) is 17.1 Å². The van der Waals surface area contributed by atoms with Gasteiger partial charge in [0.15, 0.2) is 11.5 Å². The van der Waals surface area contributed by atoms with Crippen LogP contribution in [0.4, 0.5) is 10.1 Å². The van der Waals surface area contributed by atoms with Crippen LogP contribution in [0.1, 0.15) is 39.2 Å². The van der Waals surface area contributed by atoms with Crippen LogP contribution in [0.5, 0.6) is 11.5 Å². The Morgan fingerprint density at radius 3 is 2.46 bits per heavy atom. The van der Waals surface area contributed by atoms with Gasteiger partial charge in [0, 0.05) is 24.7 Å². The number of rotatable bonds is 12. The average Bonchev–Trinajstić information content (AvgIpc) is 2.90. The molecule has 0 saturated carbocycles. The van der Waals surface area contributed by atoms with E-state index in [-0.39, 0.29) is 23.5 Å². The zero-order chi connectivity index (χ0) is 27.0. The zero-order valence-corrected chi connectivity index (χ0v) is 22.2. The number of hydrogen-bond donors (Lipinski definition) is 1. The normalized spacial score (nSPS) is 13.5. The Balaban J connectivity index is 1.93. The van der Waals surface area contributed by atoms with Gasteiger partial charge in [-0.25, -0.2) is 12.8 Å². The van der Waals surface area contributed by atoms with Gasteiger partial charge in [-0.2, -0.15) is 0 Å². The van der Waals surface area contributed by atoms with Crippen LogP contribution in [0.3, 0.4) is 0 Å². The third kappa shape index (κ3) is 7.12. The molecule has 0 bridgehead atoms. The van der Waals surface area contributed by atoms with E-state index in [9.17, 15) is 22.4 Å². The van der Waals surface area contributed by atoms with Crippen molar-refractivity contribution >= 4 is 27.5 Å². The molecule has 0 unspecified atom stereocenters. The molecule has 0 spiro atoms. The Morgan fingerprint density at radius 2 is 1.78 bits per heavy atom. The van der Waals surface area contributed by atoms with Gasteiger partial charge in [0.2, 0.25) is 21.8 Å². The van der Waals surface area contributed by atoms with Crippen molar-refractivity contribution < 1.29 is 31.9 Å². The number of carbonyl (C=O) groups is 2. The number of hydrogen-bond acceptors (Lipinski definition) is 6. The number of unbranched alkanes of at least 4 members (excludes halogenated alkanes) is 1. The molecule has 202 valence electrons. The molecule has 2 amide bonds. The van der Waals surface area contributed by atoms with Crippen LogP contribution >= 0.6 is 0 Å². The predicted octanol–water partition coefficient (Wildman–Crippen LogP) is 3.09. The van der Waals surface area contributed by atoms with Crippen LogP contribution in [0.25, 0.3) is 0 Å². The van der Waals surface area contributed by atoms with E-state index in [0.29, 0.717) is 31.3 Å². The molecule has 2 aromatic rings. The maximum Gasteiger partial charge on any atom is 0.244 e. The van der Waals surface area contributed by atoms with E-state index in [4.69, 9.17) is 9.47 Å². The van der Waals surface area contributed by atoms with Gasteiger partial charge < -0.3 is 19.7 Å². The number of halogens is 1. The van der Waals surface area contributed by atoms with Crippen molar-refractivity contribution in [2.75, 3.05) is 36.4 Å². The highest BCUT2D eigenvalue weighted by Crippen LogP contribution is 2.35. The highest BCUT2D eigenvalue weighted by atomic mass is 32.2. The van der Waals surface area contributed by atoms with E-state index in [1.54, 1.807) is 19.1 Å². The second kappa shape index (κ2) is 12.8. The molecule has 0 fully saturated rings. The molecule has 1 N–H and O–H groups in total. The molecule has 0 aliphatic carbocycles. The number of benzene rings is 2. The molecule has 0 radical (unpaired) electrons. The minimum absolute atomic E-state index is 0.199. The van der Waals surface area contributed by atoms with Crippen LogP contribution in [0, 0.1) is 5.82 Å². The first-order valence-corrected chi connectivity index (χ1v) is 14.0. The molecular weight excluding hydrogens is 501 g/mol. The number of ether oxygens (including phenoxy) is 2. The van der Waals surface area contributed by atoms with Crippen LogP contribution in [-0.2, 0) is 26.2 Å². The predicted molar refractivity (Wildman–Crippen MR) is 139 cm³/mol. The van der Waals surface area contributed by atoms with Gasteiger partial charge in [-0.05, 0) is 38.5 Å². The number of nitrogens with one attached hydrogen (secondary N) is 1. The summed E-state index contributed by atoms with van der Waals surface area (Å²) in [5.41, 5.74) is 0.443. The quantitative estimate of drug-likeness (QED) is 0.419. The van der Waals surface area contributed by atoms with Gasteiger partial charge in [0.25, 0.3) is 0 Å². The summed E-state index contributed by atoms with van der Waals surface area (Å²) >= 11 is 0. The van der Waals surface area contributed by atoms with E-state index in [1.807, 2.05) is 6.92 Å². The topological polar surface area (TPSA) is 105 Å². The summed E-state index contributed by atoms with van der Waals surface area (Å²) < 4.78 is 52.7. The maximum absolute atomic E-state index is 14.5. The average molecular weight is 536 g/mol. The monoisotopic (exact) mass is 535 g/mol. The van der Waals surface area contributed by atoms with Gasteiger partial charge in [0.1, 0.15) is 31.6 Å². The maximum atomic E-state index is 14.5. The summed E-state index contributed by atoms with van der Waals surface area (Å²) in [6.07, 6.45) is 1.65. The minimum atomic E-state index is -3.90. The molecule has 1 aliphatic rings. The third-order valence-corrected chi connectivity index (χ3v) is 7.83. The van der Waals surface area contributed by atoms with E-state index in [1.165, 1.54) is 42.2 Å². The van der Waals surface area contributed by atoms with Crippen molar-refractivity contribution in [1.82, 2.24) is 10.2 Å². The summed E-state index contributed by atoms with van der Waals surface area (Å²) in [4.78, 5) is 27.7. The SMILES string of the molecule is CCCCNC(=O)[C@H](C)N(Cc1ccccc1F)C(=O)CN(c1ccc2c(c1)OCCO2)S(=O)(=O)CC. The number of anilines is 1. The van der Waals surface area contributed by atoms with E-state index in [2.05, 4.69) is 5.32 Å². The molecule has 2 aromatic carbocycles. The lowest BCUT2D eigenvalue weighted by atomic mass is 10.1. The van der Waals surface area contributed by atoms with Gasteiger partial charge >= 0.3 is 0 Å².